The summed E-state index contributed by atoms with van der Waals surface area (Å²) >= 11 is -0.213. The van der Waals surface area contributed by atoms with Gasteiger partial charge in [-0.05, 0) is 30.0 Å². The minimum absolute atomic E-state index is 0.0392. The van der Waals surface area contributed by atoms with Crippen molar-refractivity contribution in [3.05, 3.63) is 23.8 Å². The lowest BCUT2D eigenvalue weighted by Gasteiger charge is -2.10. The lowest BCUT2D eigenvalue weighted by Crippen LogP contribution is -2.09. The van der Waals surface area contributed by atoms with Crippen LogP contribution in [0.15, 0.2) is 18.2 Å². The van der Waals surface area contributed by atoms with Crippen molar-refractivity contribution in [1.29, 1.82) is 0 Å². The van der Waals surface area contributed by atoms with Gasteiger partial charge in [-0.2, -0.15) is 13.2 Å². The number of alkyl halides is 3. The largest absolute Gasteiger partial charge is 0.491 e. The highest BCUT2D eigenvalue weighted by atomic mass is 32.2. The fourth-order valence-electron chi connectivity index (χ4n) is 1.10. The first kappa shape index (κ1) is 14.5. The van der Waals surface area contributed by atoms with Gasteiger partial charge in [0.2, 0.25) is 0 Å². The maximum absolute atomic E-state index is 11.8. The van der Waals surface area contributed by atoms with E-state index >= 15 is 0 Å². The standard InChI is InChI=1S/C10H10F3NO3S/c11-10(12,13)18-4-3-17-8-5-6(9(15)16)1-2-7(8)14/h1-2,5H,3-4,14H2,(H,15,16). The van der Waals surface area contributed by atoms with Gasteiger partial charge in [-0.15, -0.1) is 0 Å². The molecular formula is C10H10F3NO3S. The molecule has 0 saturated carbocycles. The van der Waals surface area contributed by atoms with Crippen LogP contribution in [0, 0.1) is 0 Å². The average Bonchev–Trinajstić information content (AvgIpc) is 2.24. The Morgan fingerprint density at radius 2 is 2.11 bits per heavy atom. The molecule has 1 aromatic rings. The molecule has 1 aromatic carbocycles. The molecule has 100 valence electrons. The molecule has 0 aromatic heterocycles. The molecule has 0 fully saturated rings. The fourth-order valence-corrected chi connectivity index (χ4v) is 1.50. The lowest BCUT2D eigenvalue weighted by molar-refractivity contribution is -0.0329. The Kier molecular flexibility index (Phi) is 4.71. The third-order valence-corrected chi connectivity index (χ3v) is 2.57. The van der Waals surface area contributed by atoms with E-state index in [2.05, 4.69) is 0 Å². The van der Waals surface area contributed by atoms with Gasteiger partial charge in [-0.25, -0.2) is 4.79 Å². The van der Waals surface area contributed by atoms with Crippen LogP contribution < -0.4 is 10.5 Å². The molecule has 0 spiro atoms. The van der Waals surface area contributed by atoms with Crippen LogP contribution in [-0.4, -0.2) is 28.9 Å². The first-order chi connectivity index (χ1) is 8.29. The van der Waals surface area contributed by atoms with Crippen molar-refractivity contribution < 1.29 is 27.8 Å². The van der Waals surface area contributed by atoms with Gasteiger partial charge in [-0.3, -0.25) is 0 Å². The summed E-state index contributed by atoms with van der Waals surface area (Å²) in [6, 6.07) is 3.79. The van der Waals surface area contributed by atoms with Crippen molar-refractivity contribution in [1.82, 2.24) is 0 Å². The minimum Gasteiger partial charge on any atom is -0.491 e. The topological polar surface area (TPSA) is 72.6 Å². The monoisotopic (exact) mass is 281 g/mol. The second-order valence-electron chi connectivity index (χ2n) is 3.20. The number of ether oxygens (including phenoxy) is 1. The van der Waals surface area contributed by atoms with Crippen molar-refractivity contribution in [2.45, 2.75) is 5.51 Å². The van der Waals surface area contributed by atoms with Gasteiger partial charge < -0.3 is 15.6 Å². The van der Waals surface area contributed by atoms with Crippen molar-refractivity contribution >= 4 is 23.4 Å². The van der Waals surface area contributed by atoms with Crippen LogP contribution in [0.3, 0.4) is 0 Å². The number of hydrogen-bond acceptors (Lipinski definition) is 4. The molecule has 0 aliphatic rings. The van der Waals surface area contributed by atoms with Gasteiger partial charge in [0.15, 0.2) is 0 Å². The number of rotatable bonds is 5. The molecule has 0 radical (unpaired) electrons. The van der Waals surface area contributed by atoms with E-state index in [1.807, 2.05) is 0 Å². The minimum atomic E-state index is -4.31. The van der Waals surface area contributed by atoms with E-state index in [4.69, 9.17) is 15.6 Å². The number of nitrogen functional groups attached to an aromatic ring is 1. The van der Waals surface area contributed by atoms with Gasteiger partial charge in [0, 0.05) is 5.75 Å². The highest BCUT2D eigenvalue weighted by molar-refractivity contribution is 8.00. The zero-order chi connectivity index (χ0) is 13.8. The molecule has 8 heteroatoms. The molecular weight excluding hydrogens is 271 g/mol. The van der Waals surface area contributed by atoms with E-state index in [1.165, 1.54) is 18.2 Å². The smallest absolute Gasteiger partial charge is 0.441 e. The summed E-state index contributed by atoms with van der Waals surface area (Å²) in [6.45, 7) is -0.211. The highest BCUT2D eigenvalue weighted by Crippen LogP contribution is 2.30. The Bertz CT molecular complexity index is 437. The van der Waals surface area contributed by atoms with Gasteiger partial charge in [0.25, 0.3) is 0 Å². The van der Waals surface area contributed by atoms with Crippen LogP contribution in [0.2, 0.25) is 0 Å². The summed E-state index contributed by atoms with van der Waals surface area (Å²) < 4.78 is 40.5. The quantitative estimate of drug-likeness (QED) is 0.641. The Balaban J connectivity index is 2.56. The Morgan fingerprint density at radius 3 is 2.67 bits per heavy atom. The molecule has 4 nitrogen and oxygen atoms in total. The fraction of sp³-hybridized carbons (Fsp3) is 0.300. The van der Waals surface area contributed by atoms with Crippen molar-refractivity contribution in [2.75, 3.05) is 18.1 Å². The van der Waals surface area contributed by atoms with Gasteiger partial charge in [0.05, 0.1) is 17.9 Å². The Morgan fingerprint density at radius 1 is 1.44 bits per heavy atom. The number of carboxylic acids is 1. The number of nitrogens with two attached hydrogens (primary N) is 1. The second-order valence-corrected chi connectivity index (χ2v) is 4.36. The molecule has 0 aliphatic carbocycles. The molecule has 1 rings (SSSR count). The van der Waals surface area contributed by atoms with Crippen molar-refractivity contribution in [3.63, 3.8) is 0 Å². The van der Waals surface area contributed by atoms with E-state index in [9.17, 15) is 18.0 Å². The van der Waals surface area contributed by atoms with Crippen LogP contribution in [0.1, 0.15) is 10.4 Å². The summed E-state index contributed by atoms with van der Waals surface area (Å²) in [4.78, 5) is 10.7. The number of hydrogen-bond donors (Lipinski definition) is 2. The maximum Gasteiger partial charge on any atom is 0.441 e. The molecule has 0 bridgehead atoms. The first-order valence-corrected chi connectivity index (χ1v) is 5.74. The van der Waals surface area contributed by atoms with Crippen LogP contribution in [0.5, 0.6) is 5.75 Å². The van der Waals surface area contributed by atoms with E-state index < -0.39 is 11.5 Å². The average molecular weight is 281 g/mol. The molecule has 0 unspecified atom stereocenters. The summed E-state index contributed by atoms with van der Waals surface area (Å²) in [5.74, 6) is -1.39. The molecule has 0 saturated heterocycles. The summed E-state index contributed by atoms with van der Waals surface area (Å²) in [5.41, 5.74) is 1.34. The van der Waals surface area contributed by atoms with Gasteiger partial charge in [-0.1, -0.05) is 0 Å². The SMILES string of the molecule is Nc1ccc(C(=O)O)cc1OCCSC(F)(F)F. The summed E-state index contributed by atoms with van der Waals surface area (Å²) in [7, 11) is 0. The second kappa shape index (κ2) is 5.85. The zero-order valence-electron chi connectivity index (χ0n) is 9.03. The number of thioether (sulfide) groups is 1. The summed E-state index contributed by atoms with van der Waals surface area (Å²) in [6.07, 6.45) is 0. The van der Waals surface area contributed by atoms with Crippen molar-refractivity contribution in [3.8, 4) is 5.75 Å². The molecule has 3 N–H and O–H groups in total. The van der Waals surface area contributed by atoms with E-state index in [0.29, 0.717) is 0 Å². The molecule has 0 atom stereocenters. The van der Waals surface area contributed by atoms with E-state index in [0.717, 1.165) is 0 Å². The van der Waals surface area contributed by atoms with Crippen LogP contribution in [0.4, 0.5) is 18.9 Å². The molecule has 0 heterocycles. The normalized spacial score (nSPS) is 11.3. The number of anilines is 1. The Labute approximate surface area is 105 Å². The predicted octanol–water partition coefficient (Wildman–Crippen LogP) is 2.60. The van der Waals surface area contributed by atoms with Crippen molar-refractivity contribution in [2.24, 2.45) is 0 Å². The number of carboxylic acid groups (broad SMARTS) is 1. The number of halogens is 3. The zero-order valence-corrected chi connectivity index (χ0v) is 9.85. The third-order valence-electron chi connectivity index (χ3n) is 1.87. The van der Waals surface area contributed by atoms with Crippen LogP contribution in [-0.2, 0) is 0 Å². The number of benzene rings is 1. The predicted molar refractivity (Wildman–Crippen MR) is 61.8 cm³/mol. The first-order valence-electron chi connectivity index (χ1n) is 4.76. The van der Waals surface area contributed by atoms with Gasteiger partial charge in [0.1, 0.15) is 5.75 Å². The number of carbonyl (C=O) groups is 1. The third kappa shape index (κ3) is 4.74. The number of aromatic carboxylic acids is 1. The molecule has 0 amide bonds. The highest BCUT2D eigenvalue weighted by Gasteiger charge is 2.27. The summed E-state index contributed by atoms with van der Waals surface area (Å²) in [5, 5.41) is 8.73. The lowest BCUT2D eigenvalue weighted by atomic mass is 10.2. The molecule has 18 heavy (non-hydrogen) atoms. The molecule has 0 aliphatic heterocycles. The van der Waals surface area contributed by atoms with Gasteiger partial charge >= 0.3 is 11.5 Å². The van der Waals surface area contributed by atoms with Crippen LogP contribution in [0.25, 0.3) is 0 Å². The van der Waals surface area contributed by atoms with Crippen LogP contribution >= 0.6 is 11.8 Å². The van der Waals surface area contributed by atoms with E-state index in [-0.39, 0.29) is 41.1 Å². The van der Waals surface area contributed by atoms with E-state index in [1.54, 1.807) is 0 Å². The maximum atomic E-state index is 11.8. The Hall–Kier alpha value is -1.57.